The minimum atomic E-state index is -0.185. The number of ether oxygens (including phenoxy) is 1. The summed E-state index contributed by atoms with van der Waals surface area (Å²) in [6, 6.07) is 16.9. The minimum Gasteiger partial charge on any atom is -0.425 e. The molecule has 2 aromatic rings. The van der Waals surface area contributed by atoms with E-state index in [1.54, 1.807) is 6.07 Å². The lowest BCUT2D eigenvalue weighted by molar-refractivity contribution is -0.140. The van der Waals surface area contributed by atoms with Gasteiger partial charge < -0.3 is 4.74 Å². The normalized spacial score (nSPS) is 18.0. The first-order valence-corrected chi connectivity index (χ1v) is 13.0. The van der Waals surface area contributed by atoms with Gasteiger partial charge in [-0.05, 0) is 79.7 Å². The van der Waals surface area contributed by atoms with Gasteiger partial charge in [-0.15, -0.1) is 0 Å². The van der Waals surface area contributed by atoms with Crippen LogP contribution in [0.5, 0.6) is 5.75 Å². The molecule has 0 spiro atoms. The van der Waals surface area contributed by atoms with Crippen LogP contribution in [0, 0.1) is 17.2 Å². The third-order valence-electron chi connectivity index (χ3n) is 6.99. The van der Waals surface area contributed by atoms with Gasteiger partial charge in [-0.3, -0.25) is 4.79 Å². The van der Waals surface area contributed by atoms with Crippen LogP contribution in [0.2, 0.25) is 0 Å². The van der Waals surface area contributed by atoms with Crippen molar-refractivity contribution in [1.29, 1.82) is 5.26 Å². The molecule has 0 bridgehead atoms. The fourth-order valence-electron chi connectivity index (χ4n) is 4.94. The summed E-state index contributed by atoms with van der Waals surface area (Å²) in [7, 11) is 0. The molecule has 1 aliphatic rings. The number of aryl methyl sites for hydroxylation is 2. The molecule has 2 aromatic carbocycles. The van der Waals surface area contributed by atoms with E-state index >= 15 is 0 Å². The van der Waals surface area contributed by atoms with E-state index in [4.69, 9.17) is 4.74 Å². The summed E-state index contributed by atoms with van der Waals surface area (Å²) in [5.41, 5.74) is 4.40. The zero-order valence-corrected chi connectivity index (χ0v) is 20.4. The van der Waals surface area contributed by atoms with Crippen molar-refractivity contribution in [2.75, 3.05) is 0 Å². The van der Waals surface area contributed by atoms with E-state index in [1.165, 1.54) is 43.2 Å². The lowest BCUT2D eigenvalue weighted by Gasteiger charge is -2.27. The summed E-state index contributed by atoms with van der Waals surface area (Å²) >= 11 is 0. The van der Waals surface area contributed by atoms with Crippen LogP contribution in [0.4, 0.5) is 0 Å². The zero-order valence-electron chi connectivity index (χ0n) is 20.4. The second-order valence-electron chi connectivity index (χ2n) is 9.57. The highest BCUT2D eigenvalue weighted by molar-refractivity contribution is 5.76. The molecule has 33 heavy (non-hydrogen) atoms. The Labute approximate surface area is 200 Å². The van der Waals surface area contributed by atoms with E-state index < -0.39 is 0 Å². The smallest absolute Gasteiger partial charge is 0.314 e. The molecule has 1 saturated carbocycles. The number of benzene rings is 2. The standard InChI is InChI=1S/C30H39NO2/c1-3-5-6-7-8-10-24-13-20-29(28(21-24)22-31)33-30(32)27-18-16-26(17-19-27)25-14-11-23(9-4-2)12-15-25/h11-15,20-21,26-27H,3-10,16-19H2,1-2H3. The van der Waals surface area contributed by atoms with E-state index in [0.717, 1.165) is 50.5 Å². The first-order chi connectivity index (χ1) is 16.1. The third-order valence-corrected chi connectivity index (χ3v) is 6.99. The molecule has 0 unspecified atom stereocenters. The predicted octanol–water partition coefficient (Wildman–Crippen LogP) is 7.90. The van der Waals surface area contributed by atoms with E-state index in [2.05, 4.69) is 44.2 Å². The Kier molecular flexibility index (Phi) is 10.0. The van der Waals surface area contributed by atoms with Crippen LogP contribution in [0.1, 0.15) is 106 Å². The Bertz CT molecular complexity index is 917. The SMILES string of the molecule is CCCCCCCc1ccc(OC(=O)C2CCC(c3ccc(CCC)cc3)CC2)c(C#N)c1. The number of hydrogen-bond acceptors (Lipinski definition) is 3. The summed E-state index contributed by atoms with van der Waals surface area (Å²) in [6.07, 6.45) is 13.1. The fourth-order valence-corrected chi connectivity index (χ4v) is 4.94. The van der Waals surface area contributed by atoms with E-state index in [9.17, 15) is 10.1 Å². The Morgan fingerprint density at radius 3 is 2.24 bits per heavy atom. The second-order valence-corrected chi connectivity index (χ2v) is 9.57. The van der Waals surface area contributed by atoms with Crippen molar-refractivity contribution in [2.24, 2.45) is 5.92 Å². The van der Waals surface area contributed by atoms with E-state index in [-0.39, 0.29) is 11.9 Å². The largest absolute Gasteiger partial charge is 0.425 e. The highest BCUT2D eigenvalue weighted by Crippen LogP contribution is 2.37. The summed E-state index contributed by atoms with van der Waals surface area (Å²) in [4.78, 5) is 12.8. The van der Waals surface area contributed by atoms with E-state index in [0.29, 0.717) is 17.2 Å². The molecular weight excluding hydrogens is 406 g/mol. The van der Waals surface area contributed by atoms with Gasteiger partial charge in [-0.2, -0.15) is 5.26 Å². The zero-order chi connectivity index (χ0) is 23.5. The lowest BCUT2D eigenvalue weighted by atomic mass is 9.78. The van der Waals surface area contributed by atoms with Crippen LogP contribution in [0.25, 0.3) is 0 Å². The van der Waals surface area contributed by atoms with Gasteiger partial charge in [0, 0.05) is 0 Å². The molecule has 0 heterocycles. The van der Waals surface area contributed by atoms with Gasteiger partial charge in [-0.25, -0.2) is 0 Å². The number of hydrogen-bond donors (Lipinski definition) is 0. The highest BCUT2D eigenvalue weighted by atomic mass is 16.5. The average Bonchev–Trinajstić information content (AvgIpc) is 2.85. The molecule has 0 aliphatic heterocycles. The number of carbonyl (C=O) groups is 1. The maximum Gasteiger partial charge on any atom is 0.314 e. The topological polar surface area (TPSA) is 50.1 Å². The molecule has 0 aromatic heterocycles. The van der Waals surface area contributed by atoms with Crippen LogP contribution < -0.4 is 4.74 Å². The van der Waals surface area contributed by atoms with Crippen LogP contribution in [0.15, 0.2) is 42.5 Å². The van der Waals surface area contributed by atoms with Crippen LogP contribution in [0.3, 0.4) is 0 Å². The summed E-state index contributed by atoms with van der Waals surface area (Å²) < 4.78 is 5.71. The fraction of sp³-hybridized carbons (Fsp3) is 0.533. The van der Waals surface area contributed by atoms with Crippen molar-refractivity contribution in [3.8, 4) is 11.8 Å². The molecule has 0 saturated heterocycles. The minimum absolute atomic E-state index is 0.0783. The lowest BCUT2D eigenvalue weighted by Crippen LogP contribution is -2.25. The highest BCUT2D eigenvalue weighted by Gasteiger charge is 2.29. The average molecular weight is 446 g/mol. The maximum absolute atomic E-state index is 12.8. The maximum atomic E-state index is 12.8. The molecule has 1 aliphatic carbocycles. The monoisotopic (exact) mass is 445 g/mol. The van der Waals surface area contributed by atoms with Crippen molar-refractivity contribution in [1.82, 2.24) is 0 Å². The van der Waals surface area contributed by atoms with Crippen LogP contribution in [-0.2, 0) is 17.6 Å². The molecule has 0 amide bonds. The molecule has 176 valence electrons. The quantitative estimate of drug-likeness (QED) is 0.201. The molecule has 0 radical (unpaired) electrons. The Hall–Kier alpha value is -2.60. The number of nitriles is 1. The first-order valence-electron chi connectivity index (χ1n) is 13.0. The summed E-state index contributed by atoms with van der Waals surface area (Å²) in [6.45, 7) is 4.43. The van der Waals surface area contributed by atoms with Gasteiger partial charge in [0.2, 0.25) is 0 Å². The van der Waals surface area contributed by atoms with Crippen molar-refractivity contribution in [3.05, 3.63) is 64.7 Å². The molecule has 3 heteroatoms. The molecule has 3 rings (SSSR count). The molecule has 1 fully saturated rings. The van der Waals surface area contributed by atoms with Crippen LogP contribution >= 0.6 is 0 Å². The number of carbonyl (C=O) groups excluding carboxylic acids is 1. The first kappa shape index (κ1) is 25.0. The van der Waals surface area contributed by atoms with Gasteiger partial charge >= 0.3 is 5.97 Å². The molecule has 3 nitrogen and oxygen atoms in total. The van der Waals surface area contributed by atoms with Gasteiger partial charge in [0.25, 0.3) is 0 Å². The predicted molar refractivity (Wildman–Crippen MR) is 134 cm³/mol. The van der Waals surface area contributed by atoms with Crippen molar-refractivity contribution >= 4 is 5.97 Å². The van der Waals surface area contributed by atoms with Crippen molar-refractivity contribution in [2.45, 2.75) is 96.8 Å². The number of esters is 1. The van der Waals surface area contributed by atoms with Gasteiger partial charge in [0.15, 0.2) is 0 Å². The van der Waals surface area contributed by atoms with Gasteiger partial charge in [0.1, 0.15) is 11.8 Å². The Morgan fingerprint density at radius 1 is 0.879 bits per heavy atom. The molecular formula is C30H39NO2. The van der Waals surface area contributed by atoms with Gasteiger partial charge in [0.05, 0.1) is 11.5 Å². The molecule has 0 N–H and O–H groups in total. The van der Waals surface area contributed by atoms with Crippen molar-refractivity contribution in [3.63, 3.8) is 0 Å². The van der Waals surface area contributed by atoms with E-state index in [1.807, 2.05) is 12.1 Å². The summed E-state index contributed by atoms with van der Waals surface area (Å²) in [5.74, 6) is 0.669. The summed E-state index contributed by atoms with van der Waals surface area (Å²) in [5, 5.41) is 9.58. The van der Waals surface area contributed by atoms with Gasteiger partial charge in [-0.1, -0.05) is 76.3 Å². The van der Waals surface area contributed by atoms with Crippen LogP contribution in [-0.4, -0.2) is 5.97 Å². The number of rotatable bonds is 11. The third kappa shape index (κ3) is 7.46. The Morgan fingerprint density at radius 2 is 1.58 bits per heavy atom. The Balaban J connectivity index is 1.50. The number of unbranched alkanes of at least 4 members (excludes halogenated alkanes) is 4. The molecule has 0 atom stereocenters. The van der Waals surface area contributed by atoms with Crippen molar-refractivity contribution < 1.29 is 9.53 Å². The number of nitrogens with zero attached hydrogens (tertiary/aromatic N) is 1. The second kappa shape index (κ2) is 13.2.